The molecule has 0 saturated heterocycles. The first kappa shape index (κ1) is 11.6. The van der Waals surface area contributed by atoms with Gasteiger partial charge in [-0.25, -0.2) is 0 Å². The van der Waals surface area contributed by atoms with Crippen molar-refractivity contribution in [2.24, 2.45) is 0 Å². The van der Waals surface area contributed by atoms with Gasteiger partial charge in [-0.05, 0) is 25.5 Å². The SMILES string of the molecule is Cc1cc(C)c(C(=O)[O-])cn1.[Na+]. The number of aromatic carboxylic acids is 1. The third-order valence-corrected chi connectivity index (χ3v) is 1.47. The molecule has 3 nitrogen and oxygen atoms in total. The number of carboxylic acid groups (broad SMARTS) is 1. The molecular formula is C8H8NNaO2. The Bertz CT molecular complexity index is 299. The molecule has 4 heteroatoms. The maximum atomic E-state index is 10.4. The zero-order valence-corrected chi connectivity index (χ0v) is 9.42. The van der Waals surface area contributed by atoms with Crippen LogP contribution in [0.1, 0.15) is 21.6 Å². The molecular weight excluding hydrogens is 165 g/mol. The minimum atomic E-state index is -1.17. The Kier molecular flexibility index (Phi) is 4.45. The second kappa shape index (κ2) is 4.60. The van der Waals surface area contributed by atoms with E-state index in [1.165, 1.54) is 6.20 Å². The van der Waals surface area contributed by atoms with E-state index in [-0.39, 0.29) is 35.1 Å². The molecule has 0 unspecified atom stereocenters. The van der Waals surface area contributed by atoms with E-state index in [0.717, 1.165) is 5.69 Å². The van der Waals surface area contributed by atoms with Crippen LogP contribution in [0.2, 0.25) is 0 Å². The van der Waals surface area contributed by atoms with Gasteiger partial charge in [-0.2, -0.15) is 0 Å². The van der Waals surface area contributed by atoms with Crippen molar-refractivity contribution >= 4 is 5.97 Å². The molecule has 0 amide bonds. The third kappa shape index (κ3) is 2.59. The minimum absolute atomic E-state index is 0. The molecule has 0 atom stereocenters. The van der Waals surface area contributed by atoms with Gasteiger partial charge in [-0.15, -0.1) is 0 Å². The molecule has 58 valence electrons. The number of pyridine rings is 1. The molecule has 0 aromatic carbocycles. The van der Waals surface area contributed by atoms with Gasteiger partial charge in [0.25, 0.3) is 0 Å². The average Bonchev–Trinajstić information content (AvgIpc) is 1.85. The van der Waals surface area contributed by atoms with Crippen LogP contribution in [-0.2, 0) is 0 Å². The zero-order valence-electron chi connectivity index (χ0n) is 7.42. The van der Waals surface area contributed by atoms with Gasteiger partial charge >= 0.3 is 29.6 Å². The van der Waals surface area contributed by atoms with Crippen LogP contribution in [0.3, 0.4) is 0 Å². The quantitative estimate of drug-likeness (QED) is 0.427. The summed E-state index contributed by atoms with van der Waals surface area (Å²) in [6.07, 6.45) is 1.32. The van der Waals surface area contributed by atoms with Crippen molar-refractivity contribution in [2.45, 2.75) is 13.8 Å². The van der Waals surface area contributed by atoms with E-state index < -0.39 is 5.97 Å². The predicted octanol–water partition coefficient (Wildman–Crippen LogP) is -2.93. The van der Waals surface area contributed by atoms with E-state index in [2.05, 4.69) is 4.98 Å². The summed E-state index contributed by atoms with van der Waals surface area (Å²) >= 11 is 0. The summed E-state index contributed by atoms with van der Waals surface area (Å²) in [6, 6.07) is 1.71. The molecule has 1 aromatic heterocycles. The van der Waals surface area contributed by atoms with Gasteiger partial charge in [0.05, 0.1) is 5.97 Å². The Hall–Kier alpha value is -0.380. The van der Waals surface area contributed by atoms with Gasteiger partial charge in [-0.1, -0.05) is 0 Å². The van der Waals surface area contributed by atoms with Crippen molar-refractivity contribution in [3.05, 3.63) is 29.1 Å². The summed E-state index contributed by atoms with van der Waals surface area (Å²) in [5.41, 5.74) is 1.67. The predicted molar refractivity (Wildman–Crippen MR) is 38.0 cm³/mol. The number of aryl methyl sites for hydroxylation is 2. The van der Waals surface area contributed by atoms with Crippen molar-refractivity contribution in [2.75, 3.05) is 0 Å². The standard InChI is InChI=1S/C8H9NO2.Na/c1-5-3-6(2)9-4-7(5)8(10)11;/h3-4H,1-2H3,(H,10,11);/q;+1/p-1. The van der Waals surface area contributed by atoms with Crippen molar-refractivity contribution < 1.29 is 39.5 Å². The summed E-state index contributed by atoms with van der Waals surface area (Å²) in [5.74, 6) is -1.17. The Morgan fingerprint density at radius 1 is 1.50 bits per heavy atom. The molecule has 0 radical (unpaired) electrons. The van der Waals surface area contributed by atoms with Crippen LogP contribution < -0.4 is 34.7 Å². The molecule has 1 rings (SSSR count). The number of carbonyl (C=O) groups is 1. The molecule has 0 bridgehead atoms. The van der Waals surface area contributed by atoms with Crippen LogP contribution in [0, 0.1) is 13.8 Å². The van der Waals surface area contributed by atoms with Crippen molar-refractivity contribution in [3.8, 4) is 0 Å². The minimum Gasteiger partial charge on any atom is -0.545 e. The normalized spacial score (nSPS) is 8.83. The van der Waals surface area contributed by atoms with E-state index in [1.54, 1.807) is 13.0 Å². The van der Waals surface area contributed by atoms with E-state index in [4.69, 9.17) is 0 Å². The van der Waals surface area contributed by atoms with Gasteiger partial charge in [0.1, 0.15) is 0 Å². The van der Waals surface area contributed by atoms with Crippen molar-refractivity contribution in [1.82, 2.24) is 4.98 Å². The monoisotopic (exact) mass is 173 g/mol. The number of carbonyl (C=O) groups excluding carboxylic acids is 1. The van der Waals surface area contributed by atoms with Crippen LogP contribution in [0.4, 0.5) is 0 Å². The molecule has 0 N–H and O–H groups in total. The number of hydrogen-bond donors (Lipinski definition) is 0. The van der Waals surface area contributed by atoms with Gasteiger partial charge < -0.3 is 9.90 Å². The largest absolute Gasteiger partial charge is 1.00 e. The van der Waals surface area contributed by atoms with Gasteiger partial charge in [0.2, 0.25) is 0 Å². The number of aromatic nitrogens is 1. The molecule has 0 aliphatic rings. The first-order chi connectivity index (χ1) is 5.11. The molecule has 0 spiro atoms. The topological polar surface area (TPSA) is 53.0 Å². The van der Waals surface area contributed by atoms with Crippen LogP contribution in [0.5, 0.6) is 0 Å². The molecule has 1 aromatic rings. The maximum absolute atomic E-state index is 10.4. The first-order valence-corrected chi connectivity index (χ1v) is 3.26. The average molecular weight is 173 g/mol. The molecule has 1 heterocycles. The summed E-state index contributed by atoms with van der Waals surface area (Å²) in [7, 11) is 0. The van der Waals surface area contributed by atoms with Gasteiger partial charge in [-0.3, -0.25) is 4.98 Å². The van der Waals surface area contributed by atoms with E-state index in [9.17, 15) is 9.90 Å². The Labute approximate surface area is 93.1 Å². The zero-order chi connectivity index (χ0) is 8.43. The number of rotatable bonds is 1. The molecule has 0 aliphatic heterocycles. The fourth-order valence-electron chi connectivity index (χ4n) is 0.910. The third-order valence-electron chi connectivity index (χ3n) is 1.47. The number of hydrogen-bond acceptors (Lipinski definition) is 3. The Morgan fingerprint density at radius 3 is 2.50 bits per heavy atom. The van der Waals surface area contributed by atoms with E-state index >= 15 is 0 Å². The van der Waals surface area contributed by atoms with E-state index in [1.807, 2.05) is 6.92 Å². The molecule has 0 aliphatic carbocycles. The van der Waals surface area contributed by atoms with Crippen LogP contribution in [-0.4, -0.2) is 11.0 Å². The summed E-state index contributed by atoms with van der Waals surface area (Å²) in [6.45, 7) is 3.53. The molecule has 12 heavy (non-hydrogen) atoms. The van der Waals surface area contributed by atoms with Crippen LogP contribution >= 0.6 is 0 Å². The summed E-state index contributed by atoms with van der Waals surface area (Å²) in [4.78, 5) is 14.2. The fraction of sp³-hybridized carbons (Fsp3) is 0.250. The smallest absolute Gasteiger partial charge is 0.545 e. The maximum Gasteiger partial charge on any atom is 1.00 e. The first-order valence-electron chi connectivity index (χ1n) is 3.26. The fourth-order valence-corrected chi connectivity index (χ4v) is 0.910. The van der Waals surface area contributed by atoms with Crippen LogP contribution in [0.15, 0.2) is 12.3 Å². The Balaban J connectivity index is 0.00000121. The second-order valence-corrected chi connectivity index (χ2v) is 2.43. The van der Waals surface area contributed by atoms with E-state index in [0.29, 0.717) is 5.56 Å². The summed E-state index contributed by atoms with van der Waals surface area (Å²) < 4.78 is 0. The van der Waals surface area contributed by atoms with Gasteiger partial charge in [0, 0.05) is 17.5 Å². The second-order valence-electron chi connectivity index (χ2n) is 2.43. The van der Waals surface area contributed by atoms with Gasteiger partial charge in [0.15, 0.2) is 0 Å². The Morgan fingerprint density at radius 2 is 2.08 bits per heavy atom. The van der Waals surface area contributed by atoms with Crippen LogP contribution in [0.25, 0.3) is 0 Å². The molecule has 0 fully saturated rings. The van der Waals surface area contributed by atoms with Crippen molar-refractivity contribution in [1.29, 1.82) is 0 Å². The van der Waals surface area contributed by atoms with Crippen molar-refractivity contribution in [3.63, 3.8) is 0 Å². The summed E-state index contributed by atoms with van der Waals surface area (Å²) in [5, 5.41) is 10.4. The molecule has 0 saturated carbocycles. The number of carboxylic acids is 1. The number of nitrogens with zero attached hydrogens (tertiary/aromatic N) is 1.